The number of nitrogens with zero attached hydrogens (tertiary/aromatic N) is 2. The van der Waals surface area contributed by atoms with Crippen LogP contribution in [0.2, 0.25) is 5.02 Å². The highest BCUT2D eigenvalue weighted by Gasteiger charge is 2.21. The van der Waals surface area contributed by atoms with Crippen LogP contribution in [0.3, 0.4) is 0 Å². The molecule has 4 nitrogen and oxygen atoms in total. The lowest BCUT2D eigenvalue weighted by Crippen LogP contribution is -2.30. The van der Waals surface area contributed by atoms with Crippen molar-refractivity contribution in [1.82, 2.24) is 9.29 Å². The largest absolute Gasteiger partial charge is 0.249 e. The highest BCUT2D eigenvalue weighted by molar-refractivity contribution is 7.98. The molecule has 130 valence electrons. The fourth-order valence-corrected chi connectivity index (χ4v) is 4.72. The molecule has 0 aliphatic heterocycles. The van der Waals surface area contributed by atoms with Gasteiger partial charge in [0.05, 0.1) is 5.03 Å². The first kappa shape index (κ1) is 19.2. The van der Waals surface area contributed by atoms with E-state index in [2.05, 4.69) is 4.98 Å². The molecule has 0 bridgehead atoms. The van der Waals surface area contributed by atoms with Gasteiger partial charge >= 0.3 is 0 Å². The maximum absolute atomic E-state index is 13.7. The molecule has 0 N–H and O–H groups in total. The van der Waals surface area contributed by atoms with Gasteiger partial charge in [0.25, 0.3) is 0 Å². The molecule has 0 aliphatic rings. The second-order valence-corrected chi connectivity index (χ2v) is 8.25. The van der Waals surface area contributed by atoms with Crippen LogP contribution in [0.15, 0.2) is 46.5 Å². The van der Waals surface area contributed by atoms with Gasteiger partial charge in [-0.25, -0.2) is 17.8 Å². The van der Waals surface area contributed by atoms with Crippen LogP contribution in [0.1, 0.15) is 19.4 Å². The monoisotopic (exact) mass is 388 g/mol. The van der Waals surface area contributed by atoms with Crippen molar-refractivity contribution in [2.75, 3.05) is 13.1 Å². The number of pyridine rings is 1. The summed E-state index contributed by atoms with van der Waals surface area (Å²) in [6.07, 6.45) is 1.33. The second kappa shape index (κ2) is 8.29. The molecule has 0 spiro atoms. The minimum Gasteiger partial charge on any atom is -0.249 e. The molecule has 0 saturated carbocycles. The van der Waals surface area contributed by atoms with Crippen molar-refractivity contribution in [3.63, 3.8) is 0 Å². The van der Waals surface area contributed by atoms with Crippen LogP contribution >= 0.6 is 23.4 Å². The number of rotatable bonds is 7. The average molecular weight is 389 g/mol. The first-order valence-corrected chi connectivity index (χ1v) is 10.2. The van der Waals surface area contributed by atoms with Crippen LogP contribution in [0.4, 0.5) is 4.39 Å². The molecular weight excluding hydrogens is 371 g/mol. The molecule has 0 fully saturated rings. The van der Waals surface area contributed by atoms with Crippen molar-refractivity contribution in [3.05, 3.63) is 52.9 Å². The standard InChI is InChI=1S/C16H18ClFN2O2S2/c1-3-20(4-2)24(21,22)12-8-9-16(19-10-12)23-11-13-14(17)6-5-7-15(13)18/h5-10H,3-4,11H2,1-2H3. The predicted octanol–water partition coefficient (Wildman–Crippen LogP) is 4.20. The molecule has 0 radical (unpaired) electrons. The van der Waals surface area contributed by atoms with Crippen molar-refractivity contribution < 1.29 is 12.8 Å². The molecule has 0 amide bonds. The van der Waals surface area contributed by atoms with Crippen LogP contribution in [0.25, 0.3) is 0 Å². The van der Waals surface area contributed by atoms with E-state index in [0.29, 0.717) is 34.5 Å². The van der Waals surface area contributed by atoms with E-state index in [1.165, 1.54) is 34.4 Å². The third-order valence-corrected chi connectivity index (χ3v) is 6.84. The summed E-state index contributed by atoms with van der Waals surface area (Å²) in [5, 5.41) is 0.969. The molecule has 2 aromatic rings. The molecule has 2 rings (SSSR count). The maximum Gasteiger partial charge on any atom is 0.244 e. The van der Waals surface area contributed by atoms with Crippen LogP contribution in [-0.4, -0.2) is 30.8 Å². The summed E-state index contributed by atoms with van der Waals surface area (Å²) >= 11 is 7.29. The van der Waals surface area contributed by atoms with Crippen molar-refractivity contribution in [3.8, 4) is 0 Å². The molecule has 0 atom stereocenters. The normalized spacial score (nSPS) is 11.9. The van der Waals surface area contributed by atoms with Crippen LogP contribution in [-0.2, 0) is 15.8 Å². The van der Waals surface area contributed by atoms with Gasteiger partial charge in [-0.3, -0.25) is 0 Å². The molecular formula is C16H18ClFN2O2S2. The molecule has 24 heavy (non-hydrogen) atoms. The number of hydrogen-bond donors (Lipinski definition) is 0. The third kappa shape index (κ3) is 4.27. The number of thioether (sulfide) groups is 1. The van der Waals surface area contributed by atoms with E-state index < -0.39 is 10.0 Å². The van der Waals surface area contributed by atoms with E-state index in [-0.39, 0.29) is 10.7 Å². The summed E-state index contributed by atoms with van der Waals surface area (Å²) < 4.78 is 39.9. The van der Waals surface area contributed by atoms with Gasteiger partial charge in [-0.15, -0.1) is 11.8 Å². The van der Waals surface area contributed by atoms with Gasteiger partial charge in [-0.2, -0.15) is 4.31 Å². The van der Waals surface area contributed by atoms with E-state index in [0.717, 1.165) is 0 Å². The molecule has 0 aliphatic carbocycles. The Kier molecular flexibility index (Phi) is 6.62. The second-order valence-electron chi connectivity index (χ2n) is 4.91. The number of aromatic nitrogens is 1. The lowest BCUT2D eigenvalue weighted by molar-refractivity contribution is 0.445. The van der Waals surface area contributed by atoms with E-state index >= 15 is 0 Å². The van der Waals surface area contributed by atoms with Gasteiger partial charge < -0.3 is 0 Å². The molecule has 1 aromatic carbocycles. The van der Waals surface area contributed by atoms with Gasteiger partial charge in [0.1, 0.15) is 10.7 Å². The molecule has 1 aromatic heterocycles. The molecule has 1 heterocycles. The van der Waals surface area contributed by atoms with E-state index in [9.17, 15) is 12.8 Å². The van der Waals surface area contributed by atoms with Crippen molar-refractivity contribution in [2.24, 2.45) is 0 Å². The van der Waals surface area contributed by atoms with Gasteiger partial charge in [-0.05, 0) is 24.3 Å². The Bertz CT molecular complexity index is 774. The van der Waals surface area contributed by atoms with E-state index in [4.69, 9.17) is 11.6 Å². The minimum absolute atomic E-state index is 0.152. The Morgan fingerprint density at radius 3 is 2.46 bits per heavy atom. The Hall–Kier alpha value is -1.15. The summed E-state index contributed by atoms with van der Waals surface area (Å²) in [4.78, 5) is 4.31. The molecule has 0 unspecified atom stereocenters. The summed E-state index contributed by atoms with van der Waals surface area (Å²) in [6.45, 7) is 4.38. The molecule has 0 saturated heterocycles. The smallest absolute Gasteiger partial charge is 0.244 e. The van der Waals surface area contributed by atoms with Crippen LogP contribution < -0.4 is 0 Å². The maximum atomic E-state index is 13.7. The fraction of sp³-hybridized carbons (Fsp3) is 0.312. The molecule has 8 heteroatoms. The van der Waals surface area contributed by atoms with Gasteiger partial charge in [0.2, 0.25) is 10.0 Å². The Labute approximate surface area is 151 Å². The number of sulfonamides is 1. The first-order chi connectivity index (χ1) is 11.4. The number of benzene rings is 1. The lowest BCUT2D eigenvalue weighted by atomic mass is 10.2. The van der Waals surface area contributed by atoms with Crippen molar-refractivity contribution >= 4 is 33.4 Å². The Morgan fingerprint density at radius 2 is 1.92 bits per heavy atom. The average Bonchev–Trinajstić information content (AvgIpc) is 2.55. The van der Waals surface area contributed by atoms with Gasteiger partial charge in [0, 0.05) is 35.6 Å². The quantitative estimate of drug-likeness (QED) is 0.667. The number of hydrogen-bond acceptors (Lipinski definition) is 4. The van der Waals surface area contributed by atoms with Gasteiger partial charge in [0.15, 0.2) is 0 Å². The summed E-state index contributed by atoms with van der Waals surface area (Å²) in [5.41, 5.74) is 0.408. The van der Waals surface area contributed by atoms with Crippen molar-refractivity contribution in [2.45, 2.75) is 29.5 Å². The summed E-state index contributed by atoms with van der Waals surface area (Å²) in [7, 11) is -3.52. The topological polar surface area (TPSA) is 50.3 Å². The Balaban J connectivity index is 2.13. The van der Waals surface area contributed by atoms with E-state index in [1.807, 2.05) is 0 Å². The zero-order chi connectivity index (χ0) is 17.7. The van der Waals surface area contributed by atoms with Gasteiger partial charge in [-0.1, -0.05) is 31.5 Å². The van der Waals surface area contributed by atoms with E-state index in [1.54, 1.807) is 32.0 Å². The van der Waals surface area contributed by atoms with Crippen molar-refractivity contribution in [1.29, 1.82) is 0 Å². The predicted molar refractivity (Wildman–Crippen MR) is 95.3 cm³/mol. The first-order valence-electron chi connectivity index (χ1n) is 7.42. The highest BCUT2D eigenvalue weighted by Crippen LogP contribution is 2.28. The SMILES string of the molecule is CCN(CC)S(=O)(=O)c1ccc(SCc2c(F)cccc2Cl)nc1. The summed E-state index contributed by atoms with van der Waals surface area (Å²) in [5.74, 6) is -0.0450. The zero-order valence-corrected chi connectivity index (χ0v) is 15.8. The van der Waals surface area contributed by atoms with Crippen LogP contribution in [0.5, 0.6) is 0 Å². The number of halogens is 2. The lowest BCUT2D eigenvalue weighted by Gasteiger charge is -2.18. The van der Waals surface area contributed by atoms with Crippen LogP contribution in [0, 0.1) is 5.82 Å². The minimum atomic E-state index is -3.52. The fourth-order valence-electron chi connectivity index (χ4n) is 2.13. The highest BCUT2D eigenvalue weighted by atomic mass is 35.5. The zero-order valence-electron chi connectivity index (χ0n) is 13.4. The Morgan fingerprint density at radius 1 is 1.21 bits per heavy atom. The third-order valence-electron chi connectivity index (χ3n) is 3.48. The summed E-state index contributed by atoms with van der Waals surface area (Å²) in [6, 6.07) is 7.68.